The first-order chi connectivity index (χ1) is 9.58. The minimum atomic E-state index is -0.504. The summed E-state index contributed by atoms with van der Waals surface area (Å²) in [6.07, 6.45) is 0.650. The second kappa shape index (κ2) is 6.05. The highest BCUT2D eigenvalue weighted by atomic mass is 16.5. The molecule has 1 aromatic carbocycles. The number of amides is 1. The molecule has 0 fully saturated rings. The summed E-state index contributed by atoms with van der Waals surface area (Å²) in [6, 6.07) is 7.53. The predicted octanol–water partition coefficient (Wildman–Crippen LogP) is 0.468. The van der Waals surface area contributed by atoms with Gasteiger partial charge in [-0.05, 0) is 31.0 Å². The number of benzene rings is 1. The molecule has 0 saturated carbocycles. The molecule has 3 N–H and O–H groups in total. The highest BCUT2D eigenvalue weighted by Crippen LogP contribution is 2.13. The number of ether oxygens (including phenoxy) is 1. The highest BCUT2D eigenvalue weighted by Gasteiger charge is 2.13. The molecule has 0 aliphatic carbocycles. The van der Waals surface area contributed by atoms with Crippen LogP contribution in [-0.4, -0.2) is 34.2 Å². The first kappa shape index (κ1) is 13.9. The van der Waals surface area contributed by atoms with Gasteiger partial charge >= 0.3 is 5.69 Å². The lowest BCUT2D eigenvalue weighted by Gasteiger charge is -2.13. The van der Waals surface area contributed by atoms with Crippen LogP contribution in [0.1, 0.15) is 23.1 Å². The SMILES string of the molecule is COc1cccc(C[C@@H](C)NC(=O)c2n[nH]c(=O)[nH]2)c1. The molecule has 2 aromatic rings. The number of hydrogen-bond donors (Lipinski definition) is 3. The lowest BCUT2D eigenvalue weighted by Crippen LogP contribution is -2.34. The first-order valence-corrected chi connectivity index (χ1v) is 6.17. The fourth-order valence-corrected chi connectivity index (χ4v) is 1.87. The number of carbonyl (C=O) groups is 1. The minimum absolute atomic E-state index is 0.0208. The molecule has 1 aromatic heterocycles. The second-order valence-electron chi connectivity index (χ2n) is 4.46. The summed E-state index contributed by atoms with van der Waals surface area (Å²) in [5.41, 5.74) is 0.545. The topological polar surface area (TPSA) is 99.9 Å². The van der Waals surface area contributed by atoms with Gasteiger partial charge in [0.25, 0.3) is 5.91 Å². The predicted molar refractivity (Wildman–Crippen MR) is 72.8 cm³/mol. The Balaban J connectivity index is 1.96. The number of methoxy groups -OCH3 is 1. The lowest BCUT2D eigenvalue weighted by atomic mass is 10.1. The standard InChI is InChI=1S/C13H16N4O3/c1-8(6-9-4-3-5-10(7-9)20-2)14-12(18)11-15-13(19)17-16-11/h3-5,7-8H,6H2,1-2H3,(H,14,18)(H2,15,16,17,19)/t8-/m1/s1. The van der Waals surface area contributed by atoms with Crippen molar-refractivity contribution in [2.45, 2.75) is 19.4 Å². The molecule has 0 saturated heterocycles. The molecule has 20 heavy (non-hydrogen) atoms. The minimum Gasteiger partial charge on any atom is -0.497 e. The van der Waals surface area contributed by atoms with E-state index in [4.69, 9.17) is 4.74 Å². The van der Waals surface area contributed by atoms with Crippen LogP contribution in [0.15, 0.2) is 29.1 Å². The van der Waals surface area contributed by atoms with Crippen molar-refractivity contribution in [2.75, 3.05) is 7.11 Å². The molecule has 7 heteroatoms. The van der Waals surface area contributed by atoms with E-state index in [2.05, 4.69) is 20.5 Å². The summed E-state index contributed by atoms with van der Waals surface area (Å²) in [5, 5.41) is 8.49. The van der Waals surface area contributed by atoms with Crippen molar-refractivity contribution in [3.8, 4) is 5.75 Å². The lowest BCUT2D eigenvalue weighted by molar-refractivity contribution is 0.0930. The third kappa shape index (κ3) is 3.47. The van der Waals surface area contributed by atoms with Crippen molar-refractivity contribution in [3.05, 3.63) is 46.1 Å². The van der Waals surface area contributed by atoms with Gasteiger partial charge in [0, 0.05) is 6.04 Å². The van der Waals surface area contributed by atoms with E-state index < -0.39 is 11.6 Å². The maximum atomic E-state index is 11.8. The van der Waals surface area contributed by atoms with Crippen molar-refractivity contribution in [1.29, 1.82) is 0 Å². The monoisotopic (exact) mass is 276 g/mol. The third-order valence-corrected chi connectivity index (χ3v) is 2.77. The van der Waals surface area contributed by atoms with Crippen molar-refractivity contribution in [2.24, 2.45) is 0 Å². The molecule has 0 aliphatic rings. The molecule has 1 amide bonds. The van der Waals surface area contributed by atoms with Crippen LogP contribution in [-0.2, 0) is 6.42 Å². The highest BCUT2D eigenvalue weighted by molar-refractivity contribution is 5.90. The fraction of sp³-hybridized carbons (Fsp3) is 0.308. The van der Waals surface area contributed by atoms with Gasteiger partial charge in [-0.3, -0.25) is 9.78 Å². The largest absolute Gasteiger partial charge is 0.497 e. The summed E-state index contributed by atoms with van der Waals surface area (Å²) in [6.45, 7) is 1.88. The van der Waals surface area contributed by atoms with Crippen molar-refractivity contribution in [1.82, 2.24) is 20.5 Å². The number of carbonyl (C=O) groups excluding carboxylic acids is 1. The molecule has 0 bridgehead atoms. The average Bonchev–Trinajstić information content (AvgIpc) is 2.85. The quantitative estimate of drug-likeness (QED) is 0.739. The Morgan fingerprint density at radius 2 is 2.30 bits per heavy atom. The van der Waals surface area contributed by atoms with Gasteiger partial charge in [-0.15, -0.1) is 5.10 Å². The van der Waals surface area contributed by atoms with Gasteiger partial charge in [-0.25, -0.2) is 9.89 Å². The van der Waals surface area contributed by atoms with E-state index >= 15 is 0 Å². The van der Waals surface area contributed by atoms with Crippen molar-refractivity contribution in [3.63, 3.8) is 0 Å². The first-order valence-electron chi connectivity index (χ1n) is 6.17. The summed E-state index contributed by atoms with van der Waals surface area (Å²) in [5.74, 6) is 0.337. The molecule has 0 aliphatic heterocycles. The Hall–Kier alpha value is -2.57. The molecule has 1 heterocycles. The van der Waals surface area contributed by atoms with E-state index in [1.54, 1.807) is 7.11 Å². The Bertz CT molecular complexity index is 647. The smallest absolute Gasteiger partial charge is 0.341 e. The number of aromatic nitrogens is 3. The molecule has 0 spiro atoms. The van der Waals surface area contributed by atoms with Gasteiger partial charge in [0.1, 0.15) is 5.75 Å². The van der Waals surface area contributed by atoms with Crippen LogP contribution in [0, 0.1) is 0 Å². The van der Waals surface area contributed by atoms with Crippen LogP contribution >= 0.6 is 0 Å². The van der Waals surface area contributed by atoms with E-state index in [0.29, 0.717) is 6.42 Å². The molecule has 7 nitrogen and oxygen atoms in total. The Morgan fingerprint density at radius 1 is 1.50 bits per heavy atom. The summed E-state index contributed by atoms with van der Waals surface area (Å²) >= 11 is 0. The molecule has 2 rings (SSSR count). The van der Waals surface area contributed by atoms with Gasteiger partial charge < -0.3 is 10.1 Å². The molecular formula is C13H16N4O3. The van der Waals surface area contributed by atoms with Gasteiger partial charge in [-0.1, -0.05) is 12.1 Å². The van der Waals surface area contributed by atoms with E-state index in [1.807, 2.05) is 31.2 Å². The molecule has 106 valence electrons. The van der Waals surface area contributed by atoms with Gasteiger partial charge in [0.2, 0.25) is 5.82 Å². The van der Waals surface area contributed by atoms with E-state index in [-0.39, 0.29) is 11.9 Å². The van der Waals surface area contributed by atoms with Crippen LogP contribution < -0.4 is 15.7 Å². The van der Waals surface area contributed by atoms with Crippen LogP contribution in [0.3, 0.4) is 0 Å². The summed E-state index contributed by atoms with van der Waals surface area (Å²) < 4.78 is 5.15. The third-order valence-electron chi connectivity index (χ3n) is 2.77. The van der Waals surface area contributed by atoms with E-state index in [0.717, 1.165) is 11.3 Å². The normalized spacial score (nSPS) is 11.9. The fourth-order valence-electron chi connectivity index (χ4n) is 1.87. The molecular weight excluding hydrogens is 260 g/mol. The van der Waals surface area contributed by atoms with Crippen LogP contribution in [0.2, 0.25) is 0 Å². The second-order valence-corrected chi connectivity index (χ2v) is 4.46. The number of H-pyrrole nitrogens is 2. The van der Waals surface area contributed by atoms with Crippen LogP contribution in [0.25, 0.3) is 0 Å². The van der Waals surface area contributed by atoms with E-state index in [9.17, 15) is 9.59 Å². The van der Waals surface area contributed by atoms with E-state index in [1.165, 1.54) is 0 Å². The Morgan fingerprint density at radius 3 is 2.95 bits per heavy atom. The Labute approximate surface area is 115 Å². The zero-order chi connectivity index (χ0) is 14.5. The molecule has 0 unspecified atom stereocenters. The number of rotatable bonds is 5. The van der Waals surface area contributed by atoms with Crippen molar-refractivity contribution >= 4 is 5.91 Å². The zero-order valence-electron chi connectivity index (χ0n) is 11.3. The Kier molecular flexibility index (Phi) is 4.19. The average molecular weight is 276 g/mol. The number of nitrogens with zero attached hydrogens (tertiary/aromatic N) is 1. The van der Waals surface area contributed by atoms with Gasteiger partial charge in [0.05, 0.1) is 7.11 Å². The van der Waals surface area contributed by atoms with Crippen molar-refractivity contribution < 1.29 is 9.53 Å². The summed E-state index contributed by atoms with van der Waals surface area (Å²) in [7, 11) is 1.61. The molecule has 1 atom stereocenters. The number of hydrogen-bond acceptors (Lipinski definition) is 4. The van der Waals surface area contributed by atoms with Crippen LogP contribution in [0.4, 0.5) is 0 Å². The molecule has 0 radical (unpaired) electrons. The number of aromatic amines is 2. The maximum absolute atomic E-state index is 11.8. The summed E-state index contributed by atoms with van der Waals surface area (Å²) in [4.78, 5) is 25.0. The maximum Gasteiger partial charge on any atom is 0.341 e. The number of nitrogens with one attached hydrogen (secondary N) is 3. The zero-order valence-corrected chi connectivity index (χ0v) is 11.3. The van der Waals surface area contributed by atoms with Gasteiger partial charge in [0.15, 0.2) is 0 Å². The van der Waals surface area contributed by atoms with Gasteiger partial charge in [-0.2, -0.15) is 0 Å². The van der Waals surface area contributed by atoms with Crippen LogP contribution in [0.5, 0.6) is 5.75 Å².